The van der Waals surface area contributed by atoms with Crippen molar-refractivity contribution in [2.75, 3.05) is 26.7 Å². The topological polar surface area (TPSA) is 117 Å². The van der Waals surface area contributed by atoms with E-state index in [0.29, 0.717) is 18.4 Å². The molecule has 3 heterocycles. The van der Waals surface area contributed by atoms with Gasteiger partial charge in [-0.2, -0.15) is 0 Å². The van der Waals surface area contributed by atoms with Crippen LogP contribution in [0.1, 0.15) is 65.0 Å². The molecule has 0 aromatic heterocycles. The number of aliphatic hydroxyl groups excluding tert-OH is 1. The molecule has 1 aromatic carbocycles. The van der Waals surface area contributed by atoms with Crippen molar-refractivity contribution in [3.05, 3.63) is 61.2 Å². The van der Waals surface area contributed by atoms with E-state index in [1.807, 2.05) is 58.0 Å². The van der Waals surface area contributed by atoms with E-state index in [9.17, 15) is 24.3 Å². The number of nitrogens with zero attached hydrogens (tertiary/aromatic N) is 3. The first kappa shape index (κ1) is 35.8. The highest BCUT2D eigenvalue weighted by Crippen LogP contribution is 2.60. The molecule has 0 aliphatic carbocycles. The molecule has 1 unspecified atom stereocenters. The van der Waals surface area contributed by atoms with Gasteiger partial charge < -0.3 is 29.3 Å². The number of hydrogen-bond acceptors (Lipinski definition) is 7. The van der Waals surface area contributed by atoms with E-state index in [-0.39, 0.29) is 55.1 Å². The molecule has 1 aromatic rings. The van der Waals surface area contributed by atoms with Crippen LogP contribution in [0, 0.1) is 11.8 Å². The van der Waals surface area contributed by atoms with E-state index in [1.165, 1.54) is 4.90 Å². The second-order valence-corrected chi connectivity index (χ2v) is 14.7. The molecule has 11 heteroatoms. The highest BCUT2D eigenvalue weighted by atomic mass is 79.9. The van der Waals surface area contributed by atoms with Crippen molar-refractivity contribution in [2.45, 2.75) is 93.6 Å². The van der Waals surface area contributed by atoms with Gasteiger partial charge in [0, 0.05) is 43.5 Å². The van der Waals surface area contributed by atoms with Gasteiger partial charge in [-0.3, -0.25) is 19.2 Å². The summed E-state index contributed by atoms with van der Waals surface area (Å²) >= 11 is 3.71. The molecular formula is C35H48BrN3O7. The lowest BCUT2D eigenvalue weighted by Gasteiger charge is -2.42. The number of likely N-dealkylation sites (tertiary alicyclic amines) is 1. The highest BCUT2D eigenvalue weighted by Gasteiger charge is 2.77. The first-order valence-electron chi connectivity index (χ1n) is 16.0. The van der Waals surface area contributed by atoms with E-state index in [2.05, 4.69) is 29.1 Å². The summed E-state index contributed by atoms with van der Waals surface area (Å²) in [5.74, 6) is -3.30. The Hall–Kier alpha value is -3.02. The van der Waals surface area contributed by atoms with Crippen LogP contribution >= 0.6 is 15.9 Å². The van der Waals surface area contributed by atoms with Gasteiger partial charge in [0.15, 0.2) is 0 Å². The first-order valence-corrected chi connectivity index (χ1v) is 16.9. The number of likely N-dealkylation sites (N-methyl/N-ethyl adjacent to an activating group) is 1. The van der Waals surface area contributed by atoms with Crippen molar-refractivity contribution < 1.29 is 33.8 Å². The molecule has 3 aliphatic heterocycles. The van der Waals surface area contributed by atoms with Gasteiger partial charge in [-0.15, -0.1) is 13.2 Å². The van der Waals surface area contributed by atoms with Gasteiger partial charge in [0.25, 0.3) is 0 Å². The van der Waals surface area contributed by atoms with E-state index in [0.717, 1.165) is 0 Å². The molecule has 0 saturated carbocycles. The summed E-state index contributed by atoms with van der Waals surface area (Å²) in [7, 11) is 1.68. The van der Waals surface area contributed by atoms with Crippen molar-refractivity contribution in [2.24, 2.45) is 11.8 Å². The van der Waals surface area contributed by atoms with Crippen molar-refractivity contribution in [3.63, 3.8) is 0 Å². The fraction of sp³-hybridized carbons (Fsp3) is 0.600. The molecule has 10 nitrogen and oxygen atoms in total. The van der Waals surface area contributed by atoms with E-state index >= 15 is 0 Å². The molecule has 1 N–H and O–H groups in total. The summed E-state index contributed by atoms with van der Waals surface area (Å²) in [5.41, 5.74) is -1.13. The van der Waals surface area contributed by atoms with Crippen LogP contribution in [0.25, 0.3) is 0 Å². The van der Waals surface area contributed by atoms with Crippen molar-refractivity contribution in [1.82, 2.24) is 14.7 Å². The van der Waals surface area contributed by atoms with Crippen molar-refractivity contribution in [3.8, 4) is 0 Å². The lowest BCUT2D eigenvalue weighted by molar-refractivity contribution is -0.164. The molecule has 4 rings (SSSR count). The van der Waals surface area contributed by atoms with Crippen LogP contribution in [0.4, 0.5) is 0 Å². The number of fused-ring (bicyclic) bond motifs is 1. The molecule has 46 heavy (non-hydrogen) atoms. The monoisotopic (exact) mass is 701 g/mol. The third-order valence-electron chi connectivity index (χ3n) is 9.62. The Morgan fingerprint density at radius 3 is 2.48 bits per heavy atom. The Bertz CT molecular complexity index is 1320. The molecule has 1 spiro atoms. The zero-order valence-electron chi connectivity index (χ0n) is 27.6. The average molecular weight is 703 g/mol. The van der Waals surface area contributed by atoms with Crippen LogP contribution in [-0.2, 0) is 28.7 Å². The Balaban J connectivity index is 1.72. The van der Waals surface area contributed by atoms with Crippen LogP contribution in [0.3, 0.4) is 0 Å². The predicted molar refractivity (Wildman–Crippen MR) is 178 cm³/mol. The summed E-state index contributed by atoms with van der Waals surface area (Å²) in [5, 5.41) is 9.67. The summed E-state index contributed by atoms with van der Waals surface area (Å²) < 4.78 is 12.9. The van der Waals surface area contributed by atoms with Gasteiger partial charge in [-0.05, 0) is 52.5 Å². The number of benzene rings is 1. The smallest absolute Gasteiger partial charge is 0.313 e. The van der Waals surface area contributed by atoms with Crippen LogP contribution < -0.4 is 0 Å². The van der Waals surface area contributed by atoms with E-state index in [4.69, 9.17) is 9.47 Å². The number of hydrogen-bond donors (Lipinski definition) is 1. The van der Waals surface area contributed by atoms with Crippen molar-refractivity contribution >= 4 is 39.6 Å². The van der Waals surface area contributed by atoms with Gasteiger partial charge >= 0.3 is 5.97 Å². The Labute approximate surface area is 280 Å². The van der Waals surface area contributed by atoms with Gasteiger partial charge in [0.1, 0.15) is 17.7 Å². The minimum atomic E-state index is -1.26. The maximum atomic E-state index is 14.4. The number of halogens is 1. The maximum Gasteiger partial charge on any atom is 0.313 e. The maximum absolute atomic E-state index is 14.4. The number of carbonyl (C=O) groups is 4. The lowest BCUT2D eigenvalue weighted by atomic mass is 9.70. The summed E-state index contributed by atoms with van der Waals surface area (Å²) in [6, 6.07) is 7.71. The fourth-order valence-corrected chi connectivity index (χ4v) is 8.20. The second-order valence-electron chi connectivity index (χ2n) is 13.5. The first-order chi connectivity index (χ1) is 21.7. The van der Waals surface area contributed by atoms with Crippen LogP contribution in [-0.4, -0.2) is 104 Å². The minimum Gasteiger partial charge on any atom is -0.455 e. The largest absolute Gasteiger partial charge is 0.455 e. The second kappa shape index (κ2) is 14.4. The molecule has 0 radical (unpaired) electrons. The molecule has 3 aliphatic rings. The number of rotatable bonds is 14. The fourth-order valence-electron chi connectivity index (χ4n) is 7.25. The van der Waals surface area contributed by atoms with E-state index in [1.54, 1.807) is 29.0 Å². The third-order valence-corrected chi connectivity index (χ3v) is 10.5. The predicted octanol–water partition coefficient (Wildman–Crippen LogP) is 4.03. The molecule has 3 amide bonds. The van der Waals surface area contributed by atoms with Crippen LogP contribution in [0.5, 0.6) is 0 Å². The zero-order valence-corrected chi connectivity index (χ0v) is 29.1. The van der Waals surface area contributed by atoms with Crippen LogP contribution in [0.15, 0.2) is 55.6 Å². The standard InChI is InChI=1S/C35H48BrN3O7/c1-8-10-17-25(41)37(7)22(3)28(23-15-12-11-13-16-23)45-33(44)26-27-31(42)38(19-14-20-40)30(35(27)21-24(36)29(26)46-35)32(43)39(18-9-2)34(4,5)6/h8-9,11-13,15-16,22,24,26-30,40H,1-2,10,14,17-21H2,3-7H3/t22-,24?,26-,27+,28+,29-,30-,35+/m1/s1. The Morgan fingerprint density at radius 2 is 1.89 bits per heavy atom. The lowest BCUT2D eigenvalue weighted by Crippen LogP contribution is -2.60. The molecule has 3 fully saturated rings. The highest BCUT2D eigenvalue weighted by molar-refractivity contribution is 9.09. The minimum absolute atomic E-state index is 0.109. The number of aliphatic hydroxyl groups is 1. The summed E-state index contributed by atoms with van der Waals surface area (Å²) in [6.45, 7) is 15.4. The zero-order chi connectivity index (χ0) is 34.0. The number of alkyl halides is 1. The summed E-state index contributed by atoms with van der Waals surface area (Å²) in [4.78, 5) is 60.5. The number of esters is 1. The average Bonchev–Trinajstić information content (AvgIpc) is 3.61. The Morgan fingerprint density at radius 1 is 1.22 bits per heavy atom. The number of amides is 3. The Kier molecular flexibility index (Phi) is 11.2. The van der Waals surface area contributed by atoms with Gasteiger partial charge in [0.2, 0.25) is 17.7 Å². The van der Waals surface area contributed by atoms with Crippen LogP contribution in [0.2, 0.25) is 0 Å². The normalized spacial score (nSPS) is 27.9. The van der Waals surface area contributed by atoms with Gasteiger partial charge in [0.05, 0.1) is 24.0 Å². The number of ether oxygens (including phenoxy) is 2. The number of carbonyl (C=O) groups excluding carboxylic acids is 4. The van der Waals surface area contributed by atoms with Crippen molar-refractivity contribution in [1.29, 1.82) is 0 Å². The molecule has 252 valence electrons. The van der Waals surface area contributed by atoms with E-state index < -0.39 is 53.2 Å². The molecule has 8 atom stereocenters. The number of allylic oxidation sites excluding steroid dienone is 1. The molecule has 3 saturated heterocycles. The molecular weight excluding hydrogens is 654 g/mol. The summed E-state index contributed by atoms with van der Waals surface area (Å²) in [6.07, 6.45) is 3.25. The van der Waals surface area contributed by atoms with Gasteiger partial charge in [-0.1, -0.05) is 58.4 Å². The van der Waals surface area contributed by atoms with Gasteiger partial charge in [-0.25, -0.2) is 0 Å². The third kappa shape index (κ3) is 6.55. The molecule has 2 bridgehead atoms. The SMILES string of the molecule is C=CCCC(=O)N(C)[C@H](C)[C@H](OC(=O)[C@H]1[C@@H]2O[C@@]3(CC2Br)[C@@H]1C(=O)N(CCCO)[C@@H]3C(=O)N(CC=C)C(C)(C)C)c1ccccc1. The quantitative estimate of drug-likeness (QED) is 0.177.